The van der Waals surface area contributed by atoms with E-state index in [1.54, 1.807) is 18.2 Å². The van der Waals surface area contributed by atoms with Crippen molar-refractivity contribution in [3.8, 4) is 0 Å². The van der Waals surface area contributed by atoms with E-state index in [0.717, 1.165) is 18.5 Å². The maximum Gasteiger partial charge on any atom is 0.252 e. The summed E-state index contributed by atoms with van der Waals surface area (Å²) in [6, 6.07) is 9.24. The first-order valence-corrected chi connectivity index (χ1v) is 12.2. The largest absolute Gasteiger partial charge is 0.378 e. The zero-order valence-electron chi connectivity index (χ0n) is 17.5. The Hall–Kier alpha value is -2.75. The molecule has 0 saturated carbocycles. The van der Waals surface area contributed by atoms with Crippen molar-refractivity contribution in [3.05, 3.63) is 53.1 Å². The van der Waals surface area contributed by atoms with E-state index in [-0.39, 0.29) is 32.6 Å². The molecule has 32 heavy (non-hydrogen) atoms. The average Bonchev–Trinajstić information content (AvgIpc) is 3.35. The van der Waals surface area contributed by atoms with Gasteiger partial charge in [0.1, 0.15) is 0 Å². The van der Waals surface area contributed by atoms with Crippen LogP contribution in [0.1, 0.15) is 39.1 Å². The number of carbonyl (C=O) groups is 2. The third-order valence-electron chi connectivity index (χ3n) is 6.18. The normalized spacial score (nSPS) is 21.7. The summed E-state index contributed by atoms with van der Waals surface area (Å²) in [5.74, 6) is -0.935. The third kappa shape index (κ3) is 3.60. The van der Waals surface area contributed by atoms with Crippen molar-refractivity contribution in [2.24, 2.45) is 0 Å². The Balaban J connectivity index is 1.51. The van der Waals surface area contributed by atoms with Crippen LogP contribution in [-0.4, -0.2) is 65.7 Å². The van der Waals surface area contributed by atoms with Crippen molar-refractivity contribution in [2.45, 2.75) is 28.7 Å². The van der Waals surface area contributed by atoms with Crippen LogP contribution in [0.2, 0.25) is 0 Å². The molecule has 3 aliphatic rings. The van der Waals surface area contributed by atoms with E-state index in [2.05, 4.69) is 5.32 Å². The van der Waals surface area contributed by atoms with E-state index in [9.17, 15) is 18.0 Å². The van der Waals surface area contributed by atoms with Crippen LogP contribution >= 0.6 is 0 Å². The SMILES string of the molecule is O=C(NC[C@@H]1CCCO1)c1cccc2c1C(=O)c1ccc(N3CCOCC3)cc1S2(=O)=O. The summed E-state index contributed by atoms with van der Waals surface area (Å²) in [5.41, 5.74) is 0.826. The van der Waals surface area contributed by atoms with Crippen LogP contribution in [0, 0.1) is 0 Å². The number of morpholine rings is 1. The first-order valence-electron chi connectivity index (χ1n) is 10.8. The number of nitrogens with zero attached hydrogens (tertiary/aromatic N) is 1. The van der Waals surface area contributed by atoms with Crippen LogP contribution < -0.4 is 10.2 Å². The van der Waals surface area contributed by atoms with Gasteiger partial charge in [-0.2, -0.15) is 0 Å². The highest BCUT2D eigenvalue weighted by atomic mass is 32.2. The van der Waals surface area contributed by atoms with E-state index >= 15 is 0 Å². The minimum Gasteiger partial charge on any atom is -0.378 e. The molecule has 9 heteroatoms. The molecule has 0 bridgehead atoms. The van der Waals surface area contributed by atoms with E-state index in [1.165, 1.54) is 18.2 Å². The molecular formula is C23H24N2O6S. The number of sulfone groups is 1. The maximum atomic E-state index is 13.5. The molecule has 2 aromatic carbocycles. The van der Waals surface area contributed by atoms with E-state index < -0.39 is 21.5 Å². The third-order valence-corrected chi connectivity index (χ3v) is 8.01. The van der Waals surface area contributed by atoms with E-state index in [1.807, 2.05) is 4.90 Å². The lowest BCUT2D eigenvalue weighted by atomic mass is 9.96. The van der Waals surface area contributed by atoms with Crippen molar-refractivity contribution in [1.82, 2.24) is 5.32 Å². The van der Waals surface area contributed by atoms with Gasteiger partial charge in [-0.15, -0.1) is 0 Å². The molecule has 1 N–H and O–H groups in total. The molecule has 5 rings (SSSR count). The number of ether oxygens (including phenoxy) is 2. The molecule has 0 unspecified atom stereocenters. The summed E-state index contributed by atoms with van der Waals surface area (Å²) < 4.78 is 37.8. The lowest BCUT2D eigenvalue weighted by Crippen LogP contribution is -2.36. The van der Waals surface area contributed by atoms with Crippen molar-refractivity contribution < 1.29 is 27.5 Å². The van der Waals surface area contributed by atoms with Gasteiger partial charge in [0.15, 0.2) is 5.78 Å². The second-order valence-electron chi connectivity index (χ2n) is 8.14. The van der Waals surface area contributed by atoms with Crippen LogP contribution in [0.5, 0.6) is 0 Å². The van der Waals surface area contributed by atoms with Gasteiger partial charge in [-0.3, -0.25) is 9.59 Å². The summed E-state index contributed by atoms with van der Waals surface area (Å²) in [6.07, 6.45) is 1.75. The lowest BCUT2D eigenvalue weighted by molar-refractivity contribution is 0.0853. The highest BCUT2D eigenvalue weighted by molar-refractivity contribution is 7.91. The molecule has 1 atom stereocenters. The van der Waals surface area contributed by atoms with Gasteiger partial charge in [-0.25, -0.2) is 8.42 Å². The molecule has 3 aliphatic heterocycles. The number of hydrogen-bond donors (Lipinski definition) is 1. The monoisotopic (exact) mass is 456 g/mol. The van der Waals surface area contributed by atoms with Crippen LogP contribution in [-0.2, 0) is 19.3 Å². The quantitative estimate of drug-likeness (QED) is 0.639. The zero-order chi connectivity index (χ0) is 22.3. The smallest absolute Gasteiger partial charge is 0.252 e. The molecule has 2 fully saturated rings. The molecule has 0 radical (unpaired) electrons. The second-order valence-corrected chi connectivity index (χ2v) is 10.0. The van der Waals surface area contributed by atoms with Gasteiger partial charge in [-0.1, -0.05) is 6.07 Å². The zero-order valence-corrected chi connectivity index (χ0v) is 18.3. The number of benzene rings is 2. The minimum atomic E-state index is -3.97. The molecule has 168 valence electrons. The number of rotatable bonds is 4. The standard InChI is InChI=1S/C23H24N2O6S/c26-22-17-7-6-15(25-8-11-30-12-9-25)13-20(17)32(28,29)19-5-1-4-18(21(19)22)23(27)24-14-16-3-2-10-31-16/h1,4-7,13,16H,2-3,8-12,14H2,(H,24,27)/t16-/m0/s1. The summed E-state index contributed by atoms with van der Waals surface area (Å²) >= 11 is 0. The van der Waals surface area contributed by atoms with Crippen LogP contribution in [0.15, 0.2) is 46.2 Å². The predicted molar refractivity (Wildman–Crippen MR) is 116 cm³/mol. The highest BCUT2D eigenvalue weighted by Crippen LogP contribution is 2.38. The van der Waals surface area contributed by atoms with Crippen LogP contribution in [0.3, 0.4) is 0 Å². The molecule has 2 aromatic rings. The van der Waals surface area contributed by atoms with Gasteiger partial charge < -0.3 is 19.7 Å². The van der Waals surface area contributed by atoms with Crippen molar-refractivity contribution in [1.29, 1.82) is 0 Å². The molecule has 0 spiro atoms. The van der Waals surface area contributed by atoms with Crippen molar-refractivity contribution >= 4 is 27.2 Å². The predicted octanol–water partition coefficient (Wildman–Crippen LogP) is 1.81. The second kappa shape index (κ2) is 8.31. The minimum absolute atomic E-state index is 0.0177. The van der Waals surface area contributed by atoms with Gasteiger partial charge in [0.2, 0.25) is 9.84 Å². The lowest BCUT2D eigenvalue weighted by Gasteiger charge is -2.30. The van der Waals surface area contributed by atoms with E-state index in [4.69, 9.17) is 9.47 Å². The summed E-state index contributed by atoms with van der Waals surface area (Å²) in [6.45, 7) is 3.42. The highest BCUT2D eigenvalue weighted by Gasteiger charge is 2.38. The Bertz CT molecular complexity index is 1180. The number of ketones is 1. The van der Waals surface area contributed by atoms with Gasteiger partial charge in [0.25, 0.3) is 5.91 Å². The number of carbonyl (C=O) groups excluding carboxylic acids is 2. The fourth-order valence-electron chi connectivity index (χ4n) is 4.48. The summed E-state index contributed by atoms with van der Waals surface area (Å²) in [4.78, 5) is 28.1. The van der Waals surface area contributed by atoms with Gasteiger partial charge >= 0.3 is 0 Å². The number of fused-ring (bicyclic) bond motifs is 2. The number of nitrogens with one attached hydrogen (secondary N) is 1. The Morgan fingerprint density at radius 2 is 1.91 bits per heavy atom. The Morgan fingerprint density at radius 3 is 2.66 bits per heavy atom. The fraction of sp³-hybridized carbons (Fsp3) is 0.391. The molecular weight excluding hydrogens is 432 g/mol. The molecule has 0 aliphatic carbocycles. The average molecular weight is 457 g/mol. The fourth-order valence-corrected chi connectivity index (χ4v) is 6.17. The Kier molecular flexibility index (Phi) is 5.48. The Morgan fingerprint density at radius 1 is 1.09 bits per heavy atom. The maximum absolute atomic E-state index is 13.5. The van der Waals surface area contributed by atoms with Gasteiger partial charge in [-0.05, 0) is 43.2 Å². The first-order chi connectivity index (χ1) is 15.5. The molecule has 0 aromatic heterocycles. The summed E-state index contributed by atoms with van der Waals surface area (Å²) in [7, 11) is -3.97. The van der Waals surface area contributed by atoms with Crippen molar-refractivity contribution in [2.75, 3.05) is 44.4 Å². The molecule has 8 nitrogen and oxygen atoms in total. The van der Waals surface area contributed by atoms with Gasteiger partial charge in [0, 0.05) is 37.5 Å². The summed E-state index contributed by atoms with van der Waals surface area (Å²) in [5, 5.41) is 2.79. The Labute approximate surface area is 186 Å². The van der Waals surface area contributed by atoms with E-state index in [0.29, 0.717) is 39.5 Å². The van der Waals surface area contributed by atoms with Crippen LogP contribution in [0.4, 0.5) is 5.69 Å². The molecule has 1 amide bonds. The molecule has 3 heterocycles. The number of anilines is 1. The molecule has 2 saturated heterocycles. The first kappa shape index (κ1) is 21.1. The van der Waals surface area contributed by atoms with Crippen LogP contribution in [0.25, 0.3) is 0 Å². The number of amides is 1. The topological polar surface area (TPSA) is 102 Å². The van der Waals surface area contributed by atoms with Gasteiger partial charge in [0.05, 0.1) is 40.2 Å². The number of hydrogen-bond acceptors (Lipinski definition) is 7. The van der Waals surface area contributed by atoms with Crippen molar-refractivity contribution in [3.63, 3.8) is 0 Å².